The molecular formula is C23H27N5O2. The molecule has 0 aliphatic heterocycles. The Bertz CT molecular complexity index is 963. The van der Waals surface area contributed by atoms with Crippen LogP contribution in [0.5, 0.6) is 5.75 Å². The SMILES string of the molecule is CCOc1ccc(-n2nnc(C(=O)NCC3CCCCC3)c2-c2ccncc2)cc1. The van der Waals surface area contributed by atoms with Gasteiger partial charge in [0.1, 0.15) is 11.4 Å². The van der Waals surface area contributed by atoms with Gasteiger partial charge in [-0.15, -0.1) is 5.10 Å². The number of nitrogens with zero attached hydrogens (tertiary/aromatic N) is 4. The Morgan fingerprint density at radius 3 is 2.53 bits per heavy atom. The molecule has 3 aromatic rings. The van der Waals surface area contributed by atoms with Crippen LogP contribution in [0.15, 0.2) is 48.8 Å². The van der Waals surface area contributed by atoms with Gasteiger partial charge >= 0.3 is 0 Å². The van der Waals surface area contributed by atoms with Crippen LogP contribution in [0.25, 0.3) is 16.9 Å². The number of rotatable bonds is 7. The van der Waals surface area contributed by atoms with Crippen LogP contribution in [0.2, 0.25) is 0 Å². The summed E-state index contributed by atoms with van der Waals surface area (Å²) in [5, 5.41) is 11.6. The van der Waals surface area contributed by atoms with Crippen LogP contribution in [-0.2, 0) is 0 Å². The number of hydrogen-bond acceptors (Lipinski definition) is 5. The molecule has 1 N–H and O–H groups in total. The van der Waals surface area contributed by atoms with E-state index in [1.54, 1.807) is 17.1 Å². The average Bonchev–Trinajstić information content (AvgIpc) is 3.25. The van der Waals surface area contributed by atoms with E-state index < -0.39 is 0 Å². The molecule has 0 spiro atoms. The molecule has 7 heteroatoms. The lowest BCUT2D eigenvalue weighted by Crippen LogP contribution is -2.30. The zero-order valence-electron chi connectivity index (χ0n) is 17.3. The highest BCUT2D eigenvalue weighted by molar-refractivity contribution is 5.98. The molecular weight excluding hydrogens is 378 g/mol. The Morgan fingerprint density at radius 1 is 1.10 bits per heavy atom. The summed E-state index contributed by atoms with van der Waals surface area (Å²) in [6.45, 7) is 3.24. The Hall–Kier alpha value is -3.22. The molecule has 156 valence electrons. The molecule has 2 aromatic heterocycles. The smallest absolute Gasteiger partial charge is 0.274 e. The topological polar surface area (TPSA) is 81.9 Å². The zero-order chi connectivity index (χ0) is 20.8. The maximum absolute atomic E-state index is 13.0. The van der Waals surface area contributed by atoms with E-state index in [1.807, 2.05) is 43.3 Å². The molecule has 30 heavy (non-hydrogen) atoms. The van der Waals surface area contributed by atoms with Crippen LogP contribution in [-0.4, -0.2) is 39.0 Å². The number of pyridine rings is 1. The van der Waals surface area contributed by atoms with Gasteiger partial charge in [-0.2, -0.15) is 0 Å². The second-order valence-electron chi connectivity index (χ2n) is 7.58. The minimum atomic E-state index is -0.190. The van der Waals surface area contributed by atoms with Gasteiger partial charge in [0, 0.05) is 24.5 Å². The summed E-state index contributed by atoms with van der Waals surface area (Å²) < 4.78 is 7.22. The highest BCUT2D eigenvalue weighted by Crippen LogP contribution is 2.27. The van der Waals surface area contributed by atoms with Gasteiger partial charge in [-0.05, 0) is 62.1 Å². The quantitative estimate of drug-likeness (QED) is 0.642. The molecule has 0 radical (unpaired) electrons. The Labute approximate surface area is 176 Å². The van der Waals surface area contributed by atoms with Crippen molar-refractivity contribution in [2.75, 3.05) is 13.2 Å². The van der Waals surface area contributed by atoms with Gasteiger partial charge in [0.25, 0.3) is 5.91 Å². The Balaban J connectivity index is 1.63. The second-order valence-corrected chi connectivity index (χ2v) is 7.58. The molecule has 0 unspecified atom stereocenters. The molecule has 0 bridgehead atoms. The molecule has 1 aliphatic carbocycles. The largest absolute Gasteiger partial charge is 0.494 e. The predicted octanol–water partition coefficient (Wildman–Crippen LogP) is 4.04. The number of ether oxygens (including phenoxy) is 1. The number of carbonyl (C=O) groups excluding carboxylic acids is 1. The van der Waals surface area contributed by atoms with Crippen LogP contribution in [0.3, 0.4) is 0 Å². The number of benzene rings is 1. The molecule has 7 nitrogen and oxygen atoms in total. The minimum absolute atomic E-state index is 0.190. The number of hydrogen-bond donors (Lipinski definition) is 1. The van der Waals surface area contributed by atoms with Crippen molar-refractivity contribution < 1.29 is 9.53 Å². The third-order valence-corrected chi connectivity index (χ3v) is 5.51. The summed E-state index contributed by atoms with van der Waals surface area (Å²) in [5.41, 5.74) is 2.63. The molecule has 0 atom stereocenters. The summed E-state index contributed by atoms with van der Waals surface area (Å²) in [7, 11) is 0. The summed E-state index contributed by atoms with van der Waals surface area (Å²) in [5.74, 6) is 1.15. The van der Waals surface area contributed by atoms with Crippen molar-refractivity contribution in [2.24, 2.45) is 5.92 Å². The maximum atomic E-state index is 13.0. The van der Waals surface area contributed by atoms with Crippen LogP contribution in [0, 0.1) is 5.92 Å². The third kappa shape index (κ3) is 4.50. The van der Waals surface area contributed by atoms with Gasteiger partial charge in [-0.3, -0.25) is 9.78 Å². The molecule has 1 saturated carbocycles. The predicted molar refractivity (Wildman–Crippen MR) is 115 cm³/mol. The van der Waals surface area contributed by atoms with Gasteiger partial charge in [0.05, 0.1) is 12.3 Å². The maximum Gasteiger partial charge on any atom is 0.274 e. The van der Waals surface area contributed by atoms with Gasteiger partial charge in [-0.25, -0.2) is 4.68 Å². The number of amides is 1. The summed E-state index contributed by atoms with van der Waals surface area (Å²) >= 11 is 0. The first kappa shape index (κ1) is 20.1. The van der Waals surface area contributed by atoms with E-state index in [0.717, 1.165) is 17.0 Å². The van der Waals surface area contributed by atoms with E-state index in [1.165, 1.54) is 32.1 Å². The fraction of sp³-hybridized carbons (Fsp3) is 0.391. The third-order valence-electron chi connectivity index (χ3n) is 5.51. The molecule has 1 fully saturated rings. The highest BCUT2D eigenvalue weighted by atomic mass is 16.5. The van der Waals surface area contributed by atoms with E-state index in [0.29, 0.717) is 30.5 Å². The lowest BCUT2D eigenvalue weighted by Gasteiger charge is -2.21. The lowest BCUT2D eigenvalue weighted by atomic mass is 9.89. The van der Waals surface area contributed by atoms with Crippen LogP contribution < -0.4 is 10.1 Å². The Kier molecular flexibility index (Phi) is 6.37. The van der Waals surface area contributed by atoms with Crippen molar-refractivity contribution in [1.82, 2.24) is 25.3 Å². The summed E-state index contributed by atoms with van der Waals surface area (Å²) in [6.07, 6.45) is 9.55. The van der Waals surface area contributed by atoms with Gasteiger partial charge in [0.15, 0.2) is 5.69 Å². The van der Waals surface area contributed by atoms with Crippen LogP contribution >= 0.6 is 0 Å². The number of nitrogens with one attached hydrogen (secondary N) is 1. The van der Waals surface area contributed by atoms with E-state index in [4.69, 9.17) is 4.74 Å². The molecule has 0 saturated heterocycles. The van der Waals surface area contributed by atoms with E-state index >= 15 is 0 Å². The normalized spacial score (nSPS) is 14.4. The van der Waals surface area contributed by atoms with Crippen LogP contribution in [0.1, 0.15) is 49.5 Å². The fourth-order valence-corrected chi connectivity index (χ4v) is 3.95. The van der Waals surface area contributed by atoms with Crippen molar-refractivity contribution in [3.05, 3.63) is 54.5 Å². The Morgan fingerprint density at radius 2 is 1.83 bits per heavy atom. The van der Waals surface area contributed by atoms with Gasteiger partial charge < -0.3 is 10.1 Å². The van der Waals surface area contributed by atoms with Crippen molar-refractivity contribution in [3.63, 3.8) is 0 Å². The zero-order valence-corrected chi connectivity index (χ0v) is 17.3. The van der Waals surface area contributed by atoms with Crippen molar-refractivity contribution in [3.8, 4) is 22.7 Å². The van der Waals surface area contributed by atoms with Crippen LogP contribution in [0.4, 0.5) is 0 Å². The van der Waals surface area contributed by atoms with Crippen molar-refractivity contribution >= 4 is 5.91 Å². The average molecular weight is 406 g/mol. The lowest BCUT2D eigenvalue weighted by molar-refractivity contribution is 0.0939. The number of carbonyl (C=O) groups is 1. The minimum Gasteiger partial charge on any atom is -0.494 e. The van der Waals surface area contributed by atoms with Crippen molar-refractivity contribution in [1.29, 1.82) is 0 Å². The van der Waals surface area contributed by atoms with Crippen molar-refractivity contribution in [2.45, 2.75) is 39.0 Å². The monoisotopic (exact) mass is 405 g/mol. The first-order valence-corrected chi connectivity index (χ1v) is 10.6. The molecule has 4 rings (SSSR count). The first-order valence-electron chi connectivity index (χ1n) is 10.6. The summed E-state index contributed by atoms with van der Waals surface area (Å²) in [4.78, 5) is 17.1. The molecule has 2 heterocycles. The summed E-state index contributed by atoms with van der Waals surface area (Å²) in [6, 6.07) is 11.3. The van der Waals surface area contributed by atoms with Gasteiger partial charge in [-0.1, -0.05) is 24.5 Å². The highest BCUT2D eigenvalue weighted by Gasteiger charge is 2.23. The first-order chi connectivity index (χ1) is 14.8. The second kappa shape index (κ2) is 9.52. The van der Waals surface area contributed by atoms with E-state index in [2.05, 4.69) is 20.6 Å². The number of aromatic nitrogens is 4. The van der Waals surface area contributed by atoms with E-state index in [9.17, 15) is 4.79 Å². The van der Waals surface area contributed by atoms with E-state index in [-0.39, 0.29) is 5.91 Å². The fourth-order valence-electron chi connectivity index (χ4n) is 3.95. The standard InChI is InChI=1S/C23H27N5O2/c1-2-30-20-10-8-19(9-11-20)28-22(18-12-14-24-15-13-18)21(26-27-28)23(29)25-16-17-6-4-3-5-7-17/h8-15,17H,2-7,16H2,1H3,(H,25,29). The van der Waals surface area contributed by atoms with Gasteiger partial charge in [0.2, 0.25) is 0 Å². The molecule has 1 aromatic carbocycles. The molecule has 1 amide bonds. The molecule has 1 aliphatic rings.